The minimum atomic E-state index is -0.349. The summed E-state index contributed by atoms with van der Waals surface area (Å²) in [6.45, 7) is 0.224. The number of amides is 1. The summed E-state index contributed by atoms with van der Waals surface area (Å²) in [6, 6.07) is 20.4. The maximum Gasteiger partial charge on any atom is 0.264 e. The van der Waals surface area contributed by atoms with Crippen molar-refractivity contribution in [2.24, 2.45) is 4.99 Å². The van der Waals surface area contributed by atoms with E-state index in [1.807, 2.05) is 18.2 Å². The number of carbonyl (C=O) groups excluding carboxylic acids is 1. The molecule has 8 heteroatoms. The van der Waals surface area contributed by atoms with Crippen molar-refractivity contribution < 1.29 is 18.7 Å². The largest absolute Gasteiger partial charge is 0.493 e. The fraction of sp³-hybridized carbons (Fsp3) is 0.0800. The number of methoxy groups -OCH3 is 1. The summed E-state index contributed by atoms with van der Waals surface area (Å²) in [4.78, 5) is 17.1. The number of benzene rings is 3. The lowest BCUT2D eigenvalue weighted by atomic mass is 10.1. The van der Waals surface area contributed by atoms with Crippen LogP contribution in [0.2, 0.25) is 0 Å². The van der Waals surface area contributed by atoms with E-state index in [1.54, 1.807) is 30.3 Å². The highest BCUT2D eigenvalue weighted by molar-refractivity contribution is 8.18. The molecular weight excluding hydrogens is 441 g/mol. The Balaban J connectivity index is 1.49. The van der Waals surface area contributed by atoms with Crippen molar-refractivity contribution in [3.05, 3.63) is 94.1 Å². The van der Waals surface area contributed by atoms with Crippen LogP contribution >= 0.6 is 11.8 Å². The van der Waals surface area contributed by atoms with E-state index in [2.05, 4.69) is 16.4 Å². The lowest BCUT2D eigenvalue weighted by molar-refractivity contribution is -0.115. The quantitative estimate of drug-likeness (QED) is 0.514. The van der Waals surface area contributed by atoms with Gasteiger partial charge in [-0.1, -0.05) is 24.3 Å². The maximum atomic E-state index is 13.1. The van der Waals surface area contributed by atoms with Gasteiger partial charge in [-0.25, -0.2) is 9.38 Å². The zero-order chi connectivity index (χ0) is 23.2. The topological polar surface area (TPSA) is 83.7 Å². The summed E-state index contributed by atoms with van der Waals surface area (Å²) in [7, 11) is 1.53. The average molecular weight is 460 g/mol. The van der Waals surface area contributed by atoms with E-state index in [4.69, 9.17) is 9.47 Å². The summed E-state index contributed by atoms with van der Waals surface area (Å²) in [5.74, 6) is 0.406. The van der Waals surface area contributed by atoms with Crippen molar-refractivity contribution in [1.29, 1.82) is 5.26 Å². The molecule has 1 saturated heterocycles. The normalized spacial score (nSPS) is 15.4. The Morgan fingerprint density at radius 3 is 2.67 bits per heavy atom. The van der Waals surface area contributed by atoms with Gasteiger partial charge in [0.05, 0.1) is 29.3 Å². The van der Waals surface area contributed by atoms with Crippen LogP contribution in [0.15, 0.2) is 76.6 Å². The summed E-state index contributed by atoms with van der Waals surface area (Å²) >= 11 is 1.20. The first-order valence-electron chi connectivity index (χ1n) is 9.90. The van der Waals surface area contributed by atoms with Gasteiger partial charge in [0, 0.05) is 5.56 Å². The summed E-state index contributed by atoms with van der Waals surface area (Å²) < 4.78 is 24.4. The molecule has 1 heterocycles. The third-order valence-electron chi connectivity index (χ3n) is 4.71. The second-order valence-corrected chi connectivity index (χ2v) is 7.96. The minimum absolute atomic E-state index is 0.224. The van der Waals surface area contributed by atoms with Gasteiger partial charge in [-0.3, -0.25) is 4.79 Å². The molecule has 3 aromatic rings. The van der Waals surface area contributed by atoms with Crippen molar-refractivity contribution in [2.75, 3.05) is 7.11 Å². The Hall–Kier alpha value is -4.09. The number of amidine groups is 1. The molecule has 0 saturated carbocycles. The first kappa shape index (κ1) is 22.1. The van der Waals surface area contributed by atoms with Gasteiger partial charge in [-0.05, 0) is 65.9 Å². The number of rotatable bonds is 6. The highest BCUT2D eigenvalue weighted by Crippen LogP contribution is 2.33. The van der Waals surface area contributed by atoms with E-state index in [1.165, 1.54) is 43.1 Å². The number of nitriles is 1. The molecule has 1 aliphatic heterocycles. The van der Waals surface area contributed by atoms with Crippen molar-refractivity contribution in [3.8, 4) is 17.6 Å². The van der Waals surface area contributed by atoms with Crippen molar-refractivity contribution in [2.45, 2.75) is 6.61 Å². The molecule has 6 nitrogen and oxygen atoms in total. The number of nitrogens with zero attached hydrogens (tertiary/aromatic N) is 2. The predicted octanol–water partition coefficient (Wildman–Crippen LogP) is 5.18. The second-order valence-electron chi connectivity index (χ2n) is 6.93. The van der Waals surface area contributed by atoms with E-state index < -0.39 is 0 Å². The molecular formula is C25H18FN3O3S. The molecule has 0 aromatic heterocycles. The Morgan fingerprint density at radius 2 is 1.91 bits per heavy atom. The molecule has 0 unspecified atom stereocenters. The molecule has 1 N–H and O–H groups in total. The van der Waals surface area contributed by atoms with Crippen LogP contribution in [0.5, 0.6) is 11.5 Å². The number of aliphatic imine (C=N–C) groups is 1. The molecule has 0 radical (unpaired) electrons. The van der Waals surface area contributed by atoms with Crippen LogP contribution in [0, 0.1) is 17.1 Å². The highest BCUT2D eigenvalue weighted by atomic mass is 32.2. The minimum Gasteiger partial charge on any atom is -0.493 e. The standard InChI is InChI=1S/C25H18FN3O3S/c1-31-22-12-16(6-11-21(22)32-15-18-5-3-2-4-17(18)14-27)13-23-24(30)29-25(33-23)28-20-9-7-19(26)8-10-20/h2-13H,15H2,1H3,(H,28,29,30). The summed E-state index contributed by atoms with van der Waals surface area (Å²) in [5.41, 5.74) is 2.62. The van der Waals surface area contributed by atoms with Crippen LogP contribution in [0.1, 0.15) is 16.7 Å². The van der Waals surface area contributed by atoms with Crippen molar-refractivity contribution in [1.82, 2.24) is 5.32 Å². The first-order valence-corrected chi connectivity index (χ1v) is 10.7. The van der Waals surface area contributed by atoms with Crippen LogP contribution in [0.3, 0.4) is 0 Å². The molecule has 1 amide bonds. The third kappa shape index (κ3) is 5.40. The lowest BCUT2D eigenvalue weighted by Gasteiger charge is -2.12. The molecule has 0 spiro atoms. The van der Waals surface area contributed by atoms with Gasteiger partial charge in [0.1, 0.15) is 12.4 Å². The molecule has 0 bridgehead atoms. The maximum absolute atomic E-state index is 13.1. The van der Waals surface area contributed by atoms with E-state index in [9.17, 15) is 14.4 Å². The van der Waals surface area contributed by atoms with Gasteiger partial charge in [0.2, 0.25) is 0 Å². The van der Waals surface area contributed by atoms with Crippen LogP contribution in [0.4, 0.5) is 10.1 Å². The molecule has 164 valence electrons. The molecule has 1 aliphatic rings. The zero-order valence-electron chi connectivity index (χ0n) is 17.5. The fourth-order valence-corrected chi connectivity index (χ4v) is 3.91. The predicted molar refractivity (Wildman–Crippen MR) is 126 cm³/mol. The zero-order valence-corrected chi connectivity index (χ0v) is 18.4. The number of carbonyl (C=O) groups is 1. The Labute approximate surface area is 194 Å². The molecule has 3 aromatic carbocycles. The van der Waals surface area contributed by atoms with Gasteiger partial charge < -0.3 is 14.8 Å². The molecule has 4 rings (SSSR count). The van der Waals surface area contributed by atoms with Gasteiger partial charge in [0.15, 0.2) is 16.7 Å². The van der Waals surface area contributed by atoms with E-state index >= 15 is 0 Å². The number of hydrogen-bond donors (Lipinski definition) is 1. The average Bonchev–Trinajstić information content (AvgIpc) is 3.18. The molecule has 0 atom stereocenters. The van der Waals surface area contributed by atoms with Crippen LogP contribution in [-0.4, -0.2) is 18.2 Å². The highest BCUT2D eigenvalue weighted by Gasteiger charge is 2.24. The third-order valence-corrected chi connectivity index (χ3v) is 5.62. The van der Waals surface area contributed by atoms with Crippen molar-refractivity contribution >= 4 is 34.6 Å². The van der Waals surface area contributed by atoms with Crippen LogP contribution < -0.4 is 14.8 Å². The Bertz CT molecular complexity index is 1300. The summed E-state index contributed by atoms with van der Waals surface area (Å²) in [5, 5.41) is 12.4. The first-order chi connectivity index (χ1) is 16.1. The SMILES string of the molecule is COc1cc(C=C2SC(=Nc3ccc(F)cc3)NC2=O)ccc1OCc1ccccc1C#N. The van der Waals surface area contributed by atoms with E-state index in [0.29, 0.717) is 32.8 Å². The Morgan fingerprint density at radius 1 is 1.12 bits per heavy atom. The fourth-order valence-electron chi connectivity index (χ4n) is 3.07. The smallest absolute Gasteiger partial charge is 0.264 e. The number of thioether (sulfide) groups is 1. The van der Waals surface area contributed by atoms with Gasteiger partial charge in [-0.15, -0.1) is 0 Å². The van der Waals surface area contributed by atoms with E-state index in [0.717, 1.165) is 11.1 Å². The van der Waals surface area contributed by atoms with Gasteiger partial charge in [-0.2, -0.15) is 5.26 Å². The lowest BCUT2D eigenvalue weighted by Crippen LogP contribution is -2.19. The van der Waals surface area contributed by atoms with Crippen LogP contribution in [-0.2, 0) is 11.4 Å². The molecule has 33 heavy (non-hydrogen) atoms. The Kier molecular flexibility index (Phi) is 6.72. The van der Waals surface area contributed by atoms with E-state index in [-0.39, 0.29) is 18.3 Å². The van der Waals surface area contributed by atoms with Crippen LogP contribution in [0.25, 0.3) is 6.08 Å². The van der Waals surface area contributed by atoms with Crippen molar-refractivity contribution in [3.63, 3.8) is 0 Å². The van der Waals surface area contributed by atoms with Gasteiger partial charge >= 0.3 is 0 Å². The second kappa shape index (κ2) is 10.0. The van der Waals surface area contributed by atoms with Gasteiger partial charge in [0.25, 0.3) is 5.91 Å². The number of nitrogens with one attached hydrogen (secondary N) is 1. The number of halogens is 1. The summed E-state index contributed by atoms with van der Waals surface area (Å²) in [6.07, 6.45) is 1.73. The monoisotopic (exact) mass is 459 g/mol. The number of ether oxygens (including phenoxy) is 2. The number of hydrogen-bond acceptors (Lipinski definition) is 6. The molecule has 0 aliphatic carbocycles. The molecule has 1 fully saturated rings.